The Morgan fingerprint density at radius 1 is 1.62 bits per heavy atom. The van der Waals surface area contributed by atoms with Crippen molar-refractivity contribution in [3.63, 3.8) is 0 Å². The van der Waals surface area contributed by atoms with Gasteiger partial charge in [0.05, 0.1) is 17.6 Å². The second-order valence-corrected chi connectivity index (χ2v) is 4.09. The van der Waals surface area contributed by atoms with Crippen LogP contribution in [0.15, 0.2) is 18.2 Å². The lowest BCUT2D eigenvalue weighted by Gasteiger charge is -2.10. The number of nitro groups is 1. The Kier molecular flexibility index (Phi) is 4.67. The summed E-state index contributed by atoms with van der Waals surface area (Å²) in [6.45, 7) is 2.28. The normalized spacial score (nSPS) is 12.2. The highest BCUT2D eigenvalue weighted by molar-refractivity contribution is 9.09. The number of benzene rings is 1. The zero-order valence-electron chi connectivity index (χ0n) is 8.65. The van der Waals surface area contributed by atoms with E-state index in [9.17, 15) is 14.5 Å². The maximum Gasteiger partial charge on any atom is 0.313 e. The van der Waals surface area contributed by atoms with Crippen molar-refractivity contribution in [2.75, 3.05) is 11.9 Å². The predicted molar refractivity (Wildman–Crippen MR) is 61.5 cm³/mol. The average molecular weight is 292 g/mol. The number of halogens is 2. The van der Waals surface area contributed by atoms with Gasteiger partial charge < -0.3 is 4.74 Å². The molecule has 16 heavy (non-hydrogen) atoms. The van der Waals surface area contributed by atoms with E-state index in [1.807, 2.05) is 6.92 Å². The molecular weight excluding hydrogens is 281 g/mol. The Morgan fingerprint density at radius 2 is 2.31 bits per heavy atom. The van der Waals surface area contributed by atoms with Gasteiger partial charge in [0.1, 0.15) is 5.82 Å². The third-order valence-corrected chi connectivity index (χ3v) is 3.01. The summed E-state index contributed by atoms with van der Waals surface area (Å²) >= 11 is 3.27. The van der Waals surface area contributed by atoms with Crippen LogP contribution in [0.5, 0.6) is 5.75 Å². The van der Waals surface area contributed by atoms with Crippen LogP contribution in [0.1, 0.15) is 6.92 Å². The number of nitro benzene ring substituents is 1. The molecule has 0 amide bonds. The Hall–Kier alpha value is -1.17. The molecule has 0 N–H and O–H groups in total. The molecule has 1 atom stereocenters. The highest BCUT2D eigenvalue weighted by atomic mass is 79.9. The van der Waals surface area contributed by atoms with E-state index in [1.54, 1.807) is 0 Å². The molecule has 0 radical (unpaired) electrons. The van der Waals surface area contributed by atoms with Crippen molar-refractivity contribution in [1.82, 2.24) is 0 Å². The first-order chi connectivity index (χ1) is 7.54. The minimum atomic E-state index is -0.656. The molecule has 6 heteroatoms. The Morgan fingerprint density at radius 3 is 2.88 bits per heavy atom. The molecule has 0 spiro atoms. The van der Waals surface area contributed by atoms with Crippen LogP contribution in [0.4, 0.5) is 10.1 Å². The van der Waals surface area contributed by atoms with Gasteiger partial charge in [-0.05, 0) is 18.1 Å². The molecule has 0 aromatic heterocycles. The third-order valence-electron chi connectivity index (χ3n) is 1.90. The minimum absolute atomic E-state index is 0.0965. The second-order valence-electron chi connectivity index (χ2n) is 3.44. The predicted octanol–water partition coefficient (Wildman–Crippen LogP) is 3.14. The minimum Gasteiger partial charge on any atom is -0.486 e. The van der Waals surface area contributed by atoms with Crippen LogP contribution in [0.3, 0.4) is 0 Å². The zero-order chi connectivity index (χ0) is 12.1. The summed E-state index contributed by atoms with van der Waals surface area (Å²) in [5, 5.41) is 11.4. The number of rotatable bonds is 5. The zero-order valence-corrected chi connectivity index (χ0v) is 10.2. The van der Waals surface area contributed by atoms with Crippen LogP contribution >= 0.6 is 15.9 Å². The summed E-state index contributed by atoms with van der Waals surface area (Å²) in [6.07, 6.45) is 0. The lowest BCUT2D eigenvalue weighted by Crippen LogP contribution is -2.10. The van der Waals surface area contributed by atoms with E-state index in [1.165, 1.54) is 6.07 Å². The fraction of sp³-hybridized carbons (Fsp3) is 0.400. The van der Waals surface area contributed by atoms with Gasteiger partial charge in [0.2, 0.25) is 0 Å². The molecule has 1 unspecified atom stereocenters. The van der Waals surface area contributed by atoms with E-state index in [2.05, 4.69) is 15.9 Å². The number of ether oxygens (including phenoxy) is 1. The number of alkyl halides is 1. The van der Waals surface area contributed by atoms with E-state index in [4.69, 9.17) is 4.74 Å². The van der Waals surface area contributed by atoms with E-state index < -0.39 is 10.7 Å². The van der Waals surface area contributed by atoms with Crippen LogP contribution in [0, 0.1) is 21.8 Å². The molecule has 88 valence electrons. The second kappa shape index (κ2) is 5.79. The summed E-state index contributed by atoms with van der Waals surface area (Å²) in [6, 6.07) is 3.27. The van der Waals surface area contributed by atoms with Gasteiger partial charge in [-0.3, -0.25) is 10.1 Å². The van der Waals surface area contributed by atoms with Crippen molar-refractivity contribution in [1.29, 1.82) is 0 Å². The van der Waals surface area contributed by atoms with Crippen LogP contribution in [-0.2, 0) is 0 Å². The molecule has 0 saturated carbocycles. The third kappa shape index (κ3) is 3.44. The van der Waals surface area contributed by atoms with Gasteiger partial charge in [0, 0.05) is 5.33 Å². The molecule has 0 aliphatic heterocycles. The summed E-state index contributed by atoms with van der Waals surface area (Å²) in [5.41, 5.74) is -0.346. The van der Waals surface area contributed by atoms with Gasteiger partial charge in [-0.2, -0.15) is 0 Å². The molecular formula is C10H11BrFNO3. The van der Waals surface area contributed by atoms with Crippen molar-refractivity contribution >= 4 is 21.6 Å². The van der Waals surface area contributed by atoms with Crippen molar-refractivity contribution in [2.45, 2.75) is 6.92 Å². The van der Waals surface area contributed by atoms with Crippen molar-refractivity contribution in [3.05, 3.63) is 34.1 Å². The molecule has 0 aliphatic rings. The lowest BCUT2D eigenvalue weighted by molar-refractivity contribution is -0.386. The maximum absolute atomic E-state index is 12.8. The Bertz CT molecular complexity index is 386. The van der Waals surface area contributed by atoms with Gasteiger partial charge in [-0.15, -0.1) is 0 Å². The van der Waals surface area contributed by atoms with Gasteiger partial charge in [-0.25, -0.2) is 4.39 Å². The molecule has 0 aliphatic carbocycles. The molecule has 0 saturated heterocycles. The average Bonchev–Trinajstić information content (AvgIpc) is 2.26. The summed E-state index contributed by atoms with van der Waals surface area (Å²) < 4.78 is 18.1. The molecule has 4 nitrogen and oxygen atoms in total. The highest BCUT2D eigenvalue weighted by Gasteiger charge is 2.16. The van der Waals surface area contributed by atoms with E-state index in [0.29, 0.717) is 6.61 Å². The van der Waals surface area contributed by atoms with Crippen LogP contribution in [0.25, 0.3) is 0 Å². The standard InChI is InChI=1S/C10H11BrFNO3/c1-7(5-11)6-16-10-3-2-8(12)4-9(10)13(14)15/h2-4,7H,5-6H2,1H3. The Labute approximate surface area is 101 Å². The topological polar surface area (TPSA) is 52.4 Å². The van der Waals surface area contributed by atoms with E-state index in [-0.39, 0.29) is 17.4 Å². The molecule has 0 heterocycles. The monoisotopic (exact) mass is 291 g/mol. The van der Waals surface area contributed by atoms with Gasteiger partial charge in [0.15, 0.2) is 5.75 Å². The first-order valence-corrected chi connectivity index (χ1v) is 5.79. The maximum atomic E-state index is 12.8. The van der Waals surface area contributed by atoms with Crippen LogP contribution in [0.2, 0.25) is 0 Å². The fourth-order valence-corrected chi connectivity index (χ4v) is 1.22. The Balaban J connectivity index is 2.82. The summed E-state index contributed by atoms with van der Waals surface area (Å²) in [7, 11) is 0. The lowest BCUT2D eigenvalue weighted by atomic mass is 10.2. The molecule has 0 bridgehead atoms. The molecule has 1 rings (SSSR count). The molecule has 1 aromatic rings. The van der Waals surface area contributed by atoms with Crippen LogP contribution < -0.4 is 4.74 Å². The molecule has 0 fully saturated rings. The van der Waals surface area contributed by atoms with E-state index in [0.717, 1.165) is 17.5 Å². The van der Waals surface area contributed by atoms with Crippen molar-refractivity contribution in [2.24, 2.45) is 5.92 Å². The number of hydrogen-bond donors (Lipinski definition) is 0. The van der Waals surface area contributed by atoms with Crippen LogP contribution in [-0.4, -0.2) is 16.9 Å². The van der Waals surface area contributed by atoms with Crippen molar-refractivity contribution < 1.29 is 14.1 Å². The van der Waals surface area contributed by atoms with Gasteiger partial charge in [-0.1, -0.05) is 22.9 Å². The van der Waals surface area contributed by atoms with E-state index >= 15 is 0 Å². The highest BCUT2D eigenvalue weighted by Crippen LogP contribution is 2.27. The molecule has 1 aromatic carbocycles. The first kappa shape index (κ1) is 12.9. The van der Waals surface area contributed by atoms with Gasteiger partial charge >= 0.3 is 5.69 Å². The fourth-order valence-electron chi connectivity index (χ4n) is 1.03. The first-order valence-electron chi connectivity index (χ1n) is 4.67. The largest absolute Gasteiger partial charge is 0.486 e. The SMILES string of the molecule is CC(CBr)COc1ccc(F)cc1[N+](=O)[O-]. The quantitative estimate of drug-likeness (QED) is 0.476. The van der Waals surface area contributed by atoms with Gasteiger partial charge in [0.25, 0.3) is 0 Å². The smallest absolute Gasteiger partial charge is 0.313 e. The van der Waals surface area contributed by atoms with Crippen molar-refractivity contribution in [3.8, 4) is 5.75 Å². The number of nitrogens with zero attached hydrogens (tertiary/aromatic N) is 1. The number of hydrogen-bond acceptors (Lipinski definition) is 3. The summed E-state index contributed by atoms with van der Waals surface area (Å²) in [4.78, 5) is 9.98. The summed E-state index contributed by atoms with van der Waals surface area (Å²) in [5.74, 6) is -0.323.